The van der Waals surface area contributed by atoms with E-state index in [0.717, 1.165) is 34.2 Å². The van der Waals surface area contributed by atoms with Gasteiger partial charge in [0.2, 0.25) is 0 Å². The molecule has 6 nitrogen and oxygen atoms in total. The van der Waals surface area contributed by atoms with Crippen molar-refractivity contribution in [2.45, 2.75) is 25.1 Å². The van der Waals surface area contributed by atoms with Crippen LogP contribution in [0.1, 0.15) is 17.0 Å². The van der Waals surface area contributed by atoms with Gasteiger partial charge < -0.3 is 4.74 Å². The minimum absolute atomic E-state index is 0.198. The van der Waals surface area contributed by atoms with E-state index in [-0.39, 0.29) is 11.7 Å². The van der Waals surface area contributed by atoms with Crippen molar-refractivity contribution in [3.05, 3.63) is 47.3 Å². The largest absolute Gasteiger partial charge is 0.489 e. The van der Waals surface area contributed by atoms with Crippen molar-refractivity contribution in [3.8, 4) is 5.75 Å². The molecule has 136 valence electrons. The molecule has 3 rings (SSSR count). The number of nitrogens with zero attached hydrogens (tertiary/aromatic N) is 3. The molecule has 8 heteroatoms. The zero-order chi connectivity index (χ0) is 18.4. The third-order valence-corrected chi connectivity index (χ3v) is 5.55. The van der Waals surface area contributed by atoms with Crippen LogP contribution in [-0.2, 0) is 4.79 Å². The van der Waals surface area contributed by atoms with Gasteiger partial charge in [-0.15, -0.1) is 0 Å². The molecule has 2 aromatic rings. The Kier molecular flexibility index (Phi) is 6.51. The van der Waals surface area contributed by atoms with Gasteiger partial charge in [0.05, 0.1) is 12.0 Å². The molecule has 2 heterocycles. The summed E-state index contributed by atoms with van der Waals surface area (Å²) in [6.45, 7) is 3.81. The van der Waals surface area contributed by atoms with Crippen LogP contribution in [0.25, 0.3) is 0 Å². The maximum absolute atomic E-state index is 11.9. The average molecular weight is 389 g/mol. The second-order valence-electron chi connectivity index (χ2n) is 5.86. The van der Waals surface area contributed by atoms with E-state index in [1.807, 2.05) is 55.9 Å². The fraction of sp³-hybridized carbons (Fsp3) is 0.333. The van der Waals surface area contributed by atoms with Crippen LogP contribution in [0, 0.1) is 13.8 Å². The third kappa shape index (κ3) is 5.74. The molecule has 0 unspecified atom stereocenters. The molecule has 0 spiro atoms. The number of hydrogen-bond donors (Lipinski definition) is 1. The Morgan fingerprint density at radius 3 is 2.62 bits per heavy atom. The van der Waals surface area contributed by atoms with Crippen LogP contribution in [0.5, 0.6) is 5.75 Å². The molecular formula is C18H20N4O2S2. The number of nitrogens with one attached hydrogen (secondary N) is 1. The Labute approximate surface area is 161 Å². The lowest BCUT2D eigenvalue weighted by atomic mass is 10.2. The monoisotopic (exact) mass is 388 g/mol. The smallest absolute Gasteiger partial charge is 0.250 e. The van der Waals surface area contributed by atoms with E-state index in [1.165, 1.54) is 11.8 Å². The van der Waals surface area contributed by atoms with Crippen LogP contribution in [0.3, 0.4) is 0 Å². The molecule has 26 heavy (non-hydrogen) atoms. The van der Waals surface area contributed by atoms with E-state index in [4.69, 9.17) is 4.74 Å². The fourth-order valence-corrected chi connectivity index (χ4v) is 3.51. The Morgan fingerprint density at radius 2 is 2.00 bits per heavy atom. The number of aromatic nitrogens is 2. The van der Waals surface area contributed by atoms with Crippen LogP contribution < -0.4 is 10.2 Å². The molecule has 0 saturated carbocycles. The Bertz CT molecular complexity index is 772. The highest BCUT2D eigenvalue weighted by molar-refractivity contribution is 8.00. The molecule has 1 aliphatic heterocycles. The summed E-state index contributed by atoms with van der Waals surface area (Å²) in [5.74, 6) is 2.99. The van der Waals surface area contributed by atoms with Gasteiger partial charge in [-0.05, 0) is 49.7 Å². The zero-order valence-corrected chi connectivity index (χ0v) is 16.3. The number of ether oxygens (including phenoxy) is 1. The summed E-state index contributed by atoms with van der Waals surface area (Å²) >= 11 is 3.18. The van der Waals surface area contributed by atoms with Crippen LogP contribution in [-0.4, -0.2) is 45.5 Å². The van der Waals surface area contributed by atoms with Crippen molar-refractivity contribution in [3.63, 3.8) is 0 Å². The number of benzene rings is 1. The first-order chi connectivity index (χ1) is 12.6. The number of thioether (sulfide) groups is 2. The standard InChI is InChI=1S/C18H20N4O2S2/c1-12-7-13(2)21-18(20-12)26-11-17(23)22-19-8-14-3-5-15(6-4-14)24-16-9-25-10-16/h3-8,16H,9-11H2,1-2H3,(H,22,23). The second-order valence-corrected chi connectivity index (χ2v) is 7.88. The Balaban J connectivity index is 1.43. The number of amides is 1. The summed E-state index contributed by atoms with van der Waals surface area (Å²) < 4.78 is 5.79. The molecule has 0 aliphatic carbocycles. The molecule has 1 fully saturated rings. The van der Waals surface area contributed by atoms with Gasteiger partial charge in [-0.1, -0.05) is 11.8 Å². The van der Waals surface area contributed by atoms with Crippen molar-refractivity contribution in [1.82, 2.24) is 15.4 Å². The lowest BCUT2D eigenvalue weighted by molar-refractivity contribution is -0.118. The van der Waals surface area contributed by atoms with Crippen molar-refractivity contribution in [2.24, 2.45) is 5.10 Å². The van der Waals surface area contributed by atoms with Gasteiger partial charge in [0.1, 0.15) is 11.9 Å². The minimum atomic E-state index is -0.198. The highest BCUT2D eigenvalue weighted by Gasteiger charge is 2.19. The predicted octanol–water partition coefficient (Wildman–Crippen LogP) is 2.83. The number of hydrazone groups is 1. The Hall–Kier alpha value is -2.06. The molecule has 1 saturated heterocycles. The Morgan fingerprint density at radius 1 is 1.31 bits per heavy atom. The quantitative estimate of drug-likeness (QED) is 0.340. The van der Waals surface area contributed by atoms with E-state index in [1.54, 1.807) is 6.21 Å². The second kappa shape index (κ2) is 9.05. The van der Waals surface area contributed by atoms with E-state index in [0.29, 0.717) is 11.3 Å². The summed E-state index contributed by atoms with van der Waals surface area (Å²) in [6.07, 6.45) is 1.94. The van der Waals surface area contributed by atoms with E-state index in [9.17, 15) is 4.79 Å². The van der Waals surface area contributed by atoms with E-state index < -0.39 is 0 Å². The molecule has 0 bridgehead atoms. The molecule has 1 aromatic heterocycles. The third-order valence-electron chi connectivity index (χ3n) is 3.49. The predicted molar refractivity (Wildman–Crippen MR) is 106 cm³/mol. The molecule has 1 N–H and O–H groups in total. The molecule has 1 amide bonds. The van der Waals surface area contributed by atoms with Gasteiger partial charge in [-0.3, -0.25) is 4.79 Å². The molecule has 1 aliphatic rings. The number of hydrogen-bond acceptors (Lipinski definition) is 7. The molecule has 1 aromatic carbocycles. The van der Waals surface area contributed by atoms with Gasteiger partial charge >= 0.3 is 0 Å². The summed E-state index contributed by atoms with van der Waals surface area (Å²) in [4.78, 5) is 20.5. The minimum Gasteiger partial charge on any atom is -0.489 e. The maximum Gasteiger partial charge on any atom is 0.250 e. The molecule has 0 radical (unpaired) electrons. The lowest BCUT2D eigenvalue weighted by Gasteiger charge is -2.25. The van der Waals surface area contributed by atoms with Gasteiger partial charge in [0.15, 0.2) is 5.16 Å². The highest BCUT2D eigenvalue weighted by Crippen LogP contribution is 2.23. The maximum atomic E-state index is 11.9. The van der Waals surface area contributed by atoms with Gasteiger partial charge in [-0.25, -0.2) is 15.4 Å². The molecule has 0 atom stereocenters. The van der Waals surface area contributed by atoms with Crippen LogP contribution in [0.2, 0.25) is 0 Å². The fourth-order valence-electron chi connectivity index (χ4n) is 2.21. The number of rotatable bonds is 7. The van der Waals surface area contributed by atoms with Crippen LogP contribution in [0.4, 0.5) is 0 Å². The SMILES string of the molecule is Cc1cc(C)nc(SCC(=O)NN=Cc2ccc(OC3CSC3)cc2)n1. The average Bonchev–Trinajstić information content (AvgIpc) is 2.57. The van der Waals surface area contributed by atoms with Gasteiger partial charge in [0.25, 0.3) is 5.91 Å². The van der Waals surface area contributed by atoms with Crippen LogP contribution in [0.15, 0.2) is 40.6 Å². The van der Waals surface area contributed by atoms with Crippen molar-refractivity contribution >= 4 is 35.6 Å². The summed E-state index contributed by atoms with van der Waals surface area (Å²) in [5.41, 5.74) is 5.19. The van der Waals surface area contributed by atoms with Crippen molar-refractivity contribution < 1.29 is 9.53 Å². The summed E-state index contributed by atoms with van der Waals surface area (Å²) in [5, 5.41) is 4.58. The topological polar surface area (TPSA) is 76.5 Å². The molecular weight excluding hydrogens is 368 g/mol. The first-order valence-electron chi connectivity index (χ1n) is 8.20. The van der Waals surface area contributed by atoms with E-state index in [2.05, 4.69) is 20.5 Å². The zero-order valence-electron chi connectivity index (χ0n) is 14.6. The van der Waals surface area contributed by atoms with Gasteiger partial charge in [0, 0.05) is 22.9 Å². The summed E-state index contributed by atoms with van der Waals surface area (Å²) in [6, 6.07) is 9.55. The van der Waals surface area contributed by atoms with Gasteiger partial charge in [-0.2, -0.15) is 16.9 Å². The summed E-state index contributed by atoms with van der Waals surface area (Å²) in [7, 11) is 0. The first kappa shape index (κ1) is 18.7. The number of carbonyl (C=O) groups is 1. The van der Waals surface area contributed by atoms with Crippen molar-refractivity contribution in [2.75, 3.05) is 17.3 Å². The highest BCUT2D eigenvalue weighted by atomic mass is 32.2. The number of aryl methyl sites for hydroxylation is 2. The number of carbonyl (C=O) groups excluding carboxylic acids is 1. The van der Waals surface area contributed by atoms with Crippen molar-refractivity contribution in [1.29, 1.82) is 0 Å². The van der Waals surface area contributed by atoms with E-state index >= 15 is 0 Å². The first-order valence-corrected chi connectivity index (χ1v) is 10.3. The lowest BCUT2D eigenvalue weighted by Crippen LogP contribution is -2.30. The normalized spacial score (nSPS) is 14.2. The van der Waals surface area contributed by atoms with Crippen LogP contribution >= 0.6 is 23.5 Å².